The van der Waals surface area contributed by atoms with E-state index in [9.17, 15) is 13.2 Å². The molecule has 0 fully saturated rings. The topological polar surface area (TPSA) is 51.2 Å². The molecule has 1 aromatic carbocycles. The first kappa shape index (κ1) is 15.2. The molecule has 1 unspecified atom stereocenters. The number of hydrogen-bond donors (Lipinski definition) is 0. The third-order valence-electron chi connectivity index (χ3n) is 2.85. The molecule has 1 atom stereocenters. The summed E-state index contributed by atoms with van der Waals surface area (Å²) in [5.74, 6) is 0.351. The van der Waals surface area contributed by atoms with Gasteiger partial charge in [-0.1, -0.05) is 26.0 Å². The summed E-state index contributed by atoms with van der Waals surface area (Å²) in [5.41, 5.74) is 1.08. The van der Waals surface area contributed by atoms with Crippen LogP contribution in [0.1, 0.15) is 38.7 Å². The SMILES string of the molecule is CC(C)c1ccc(S(=O)(=O)C(C)CC(=O)Cl)cc1. The molecule has 0 saturated carbocycles. The molecule has 0 bridgehead atoms. The van der Waals surface area contributed by atoms with E-state index in [0.717, 1.165) is 5.56 Å². The van der Waals surface area contributed by atoms with Crippen LogP contribution in [0, 0.1) is 0 Å². The minimum atomic E-state index is -3.48. The second-order valence-electron chi connectivity index (χ2n) is 4.64. The van der Waals surface area contributed by atoms with Crippen LogP contribution in [-0.4, -0.2) is 18.9 Å². The highest BCUT2D eigenvalue weighted by Gasteiger charge is 2.25. The smallest absolute Gasteiger partial charge is 0.222 e. The molecule has 0 radical (unpaired) electrons. The van der Waals surface area contributed by atoms with Gasteiger partial charge in [-0.3, -0.25) is 4.79 Å². The van der Waals surface area contributed by atoms with Crippen molar-refractivity contribution in [1.82, 2.24) is 0 Å². The molecule has 0 aliphatic heterocycles. The van der Waals surface area contributed by atoms with E-state index in [1.165, 1.54) is 6.92 Å². The molecule has 100 valence electrons. The van der Waals surface area contributed by atoms with Crippen molar-refractivity contribution in [2.45, 2.75) is 43.3 Å². The quantitative estimate of drug-likeness (QED) is 0.782. The van der Waals surface area contributed by atoms with Gasteiger partial charge < -0.3 is 0 Å². The van der Waals surface area contributed by atoms with Crippen LogP contribution in [-0.2, 0) is 14.6 Å². The number of halogens is 1. The second-order valence-corrected chi connectivity index (χ2v) is 7.43. The Morgan fingerprint density at radius 3 is 2.06 bits per heavy atom. The number of benzene rings is 1. The maximum atomic E-state index is 12.1. The first-order valence-corrected chi connectivity index (χ1v) is 7.69. The van der Waals surface area contributed by atoms with Gasteiger partial charge in [-0.05, 0) is 42.1 Å². The van der Waals surface area contributed by atoms with Crippen molar-refractivity contribution in [3.05, 3.63) is 29.8 Å². The fourth-order valence-corrected chi connectivity index (χ4v) is 3.28. The average molecular weight is 289 g/mol. The van der Waals surface area contributed by atoms with Gasteiger partial charge in [-0.25, -0.2) is 8.42 Å². The normalized spacial score (nSPS) is 13.6. The van der Waals surface area contributed by atoms with Gasteiger partial charge in [0.1, 0.15) is 0 Å². The fraction of sp³-hybridized carbons (Fsp3) is 0.462. The zero-order chi connectivity index (χ0) is 13.9. The lowest BCUT2D eigenvalue weighted by Crippen LogP contribution is -2.20. The molecule has 0 amide bonds. The molecule has 0 heterocycles. The van der Waals surface area contributed by atoms with E-state index >= 15 is 0 Å². The molecule has 1 aromatic rings. The minimum absolute atomic E-state index is 0.171. The number of carbonyl (C=O) groups is 1. The molecule has 18 heavy (non-hydrogen) atoms. The van der Waals surface area contributed by atoms with Crippen molar-refractivity contribution in [2.75, 3.05) is 0 Å². The van der Waals surface area contributed by atoms with Crippen LogP contribution in [0.15, 0.2) is 29.2 Å². The molecule has 0 aromatic heterocycles. The van der Waals surface area contributed by atoms with Gasteiger partial charge in [0, 0.05) is 6.42 Å². The summed E-state index contributed by atoms with van der Waals surface area (Å²) in [6, 6.07) is 6.76. The van der Waals surface area contributed by atoms with E-state index in [1.807, 2.05) is 13.8 Å². The van der Waals surface area contributed by atoms with Crippen LogP contribution in [0.25, 0.3) is 0 Å². The predicted molar refractivity (Wildman–Crippen MR) is 72.7 cm³/mol. The van der Waals surface area contributed by atoms with Gasteiger partial charge in [0.05, 0.1) is 10.1 Å². The molecule has 5 heteroatoms. The lowest BCUT2D eigenvalue weighted by molar-refractivity contribution is -0.111. The maximum Gasteiger partial charge on any atom is 0.222 e. The van der Waals surface area contributed by atoms with Crippen molar-refractivity contribution < 1.29 is 13.2 Å². The Morgan fingerprint density at radius 2 is 1.67 bits per heavy atom. The second kappa shape index (κ2) is 5.85. The van der Waals surface area contributed by atoms with Gasteiger partial charge in [0.25, 0.3) is 0 Å². The minimum Gasteiger partial charge on any atom is -0.281 e. The van der Waals surface area contributed by atoms with Crippen LogP contribution in [0.5, 0.6) is 0 Å². The Kier molecular flexibility index (Phi) is 4.93. The van der Waals surface area contributed by atoms with Crippen molar-refractivity contribution in [3.8, 4) is 0 Å². The lowest BCUT2D eigenvalue weighted by Gasteiger charge is -2.12. The highest BCUT2D eigenvalue weighted by molar-refractivity contribution is 7.92. The Bertz CT molecular complexity index is 518. The van der Waals surface area contributed by atoms with E-state index in [1.54, 1.807) is 24.3 Å². The van der Waals surface area contributed by atoms with Crippen LogP contribution < -0.4 is 0 Å². The van der Waals surface area contributed by atoms with Gasteiger partial charge >= 0.3 is 0 Å². The van der Waals surface area contributed by atoms with E-state index in [0.29, 0.717) is 5.92 Å². The zero-order valence-corrected chi connectivity index (χ0v) is 12.3. The standard InChI is InChI=1S/C13H17ClO3S/c1-9(2)11-4-6-12(7-5-11)18(16,17)10(3)8-13(14)15/h4-7,9-10H,8H2,1-3H3. The van der Waals surface area contributed by atoms with E-state index in [2.05, 4.69) is 0 Å². The molecular formula is C13H17ClO3S. The van der Waals surface area contributed by atoms with Crippen molar-refractivity contribution in [3.63, 3.8) is 0 Å². The molecule has 0 aliphatic carbocycles. The summed E-state index contributed by atoms with van der Waals surface area (Å²) in [7, 11) is -3.48. The summed E-state index contributed by atoms with van der Waals surface area (Å²) in [6.45, 7) is 5.57. The van der Waals surface area contributed by atoms with Crippen LogP contribution in [0.2, 0.25) is 0 Å². The third-order valence-corrected chi connectivity index (χ3v) is 5.16. The monoisotopic (exact) mass is 288 g/mol. The maximum absolute atomic E-state index is 12.1. The molecule has 0 saturated heterocycles. The largest absolute Gasteiger partial charge is 0.281 e. The Balaban J connectivity index is 3.02. The van der Waals surface area contributed by atoms with Crippen molar-refractivity contribution in [1.29, 1.82) is 0 Å². The first-order valence-electron chi connectivity index (χ1n) is 5.77. The number of sulfone groups is 1. The van der Waals surface area contributed by atoms with E-state index in [-0.39, 0.29) is 11.3 Å². The summed E-state index contributed by atoms with van der Waals surface area (Å²) >= 11 is 5.23. The van der Waals surface area contributed by atoms with Crippen LogP contribution in [0.4, 0.5) is 0 Å². The molecule has 0 spiro atoms. The number of rotatable bonds is 5. The first-order chi connectivity index (χ1) is 8.25. The molecule has 0 N–H and O–H groups in total. The van der Waals surface area contributed by atoms with Gasteiger partial charge in [0.2, 0.25) is 5.24 Å². The summed E-state index contributed by atoms with van der Waals surface area (Å²) < 4.78 is 24.3. The van der Waals surface area contributed by atoms with Crippen LogP contribution in [0.3, 0.4) is 0 Å². The van der Waals surface area contributed by atoms with Crippen molar-refractivity contribution in [2.24, 2.45) is 0 Å². The molecular weight excluding hydrogens is 272 g/mol. The Hall–Kier alpha value is -0.870. The third kappa shape index (κ3) is 3.56. The zero-order valence-electron chi connectivity index (χ0n) is 10.7. The number of carbonyl (C=O) groups excluding carboxylic acids is 1. The number of hydrogen-bond acceptors (Lipinski definition) is 3. The average Bonchev–Trinajstić information content (AvgIpc) is 2.28. The van der Waals surface area contributed by atoms with Gasteiger partial charge in [-0.2, -0.15) is 0 Å². The van der Waals surface area contributed by atoms with E-state index < -0.39 is 20.3 Å². The van der Waals surface area contributed by atoms with Gasteiger partial charge in [-0.15, -0.1) is 0 Å². The highest BCUT2D eigenvalue weighted by atomic mass is 35.5. The summed E-state index contributed by atoms with van der Waals surface area (Å²) in [6.07, 6.45) is -0.171. The van der Waals surface area contributed by atoms with Gasteiger partial charge in [0.15, 0.2) is 9.84 Å². The predicted octanol–water partition coefficient (Wildman–Crippen LogP) is 3.13. The Morgan fingerprint density at radius 1 is 1.17 bits per heavy atom. The van der Waals surface area contributed by atoms with Crippen molar-refractivity contribution >= 4 is 26.7 Å². The molecule has 3 nitrogen and oxygen atoms in total. The lowest BCUT2D eigenvalue weighted by atomic mass is 10.0. The van der Waals surface area contributed by atoms with E-state index in [4.69, 9.17) is 11.6 Å². The highest BCUT2D eigenvalue weighted by Crippen LogP contribution is 2.22. The summed E-state index contributed by atoms with van der Waals surface area (Å²) in [4.78, 5) is 11.0. The molecule has 0 aliphatic rings. The summed E-state index contributed by atoms with van der Waals surface area (Å²) in [5, 5.41) is -1.43. The Labute approximate surface area is 113 Å². The fourth-order valence-electron chi connectivity index (χ4n) is 1.61. The van der Waals surface area contributed by atoms with Crippen LogP contribution >= 0.6 is 11.6 Å². The molecule has 1 rings (SSSR count).